The second kappa shape index (κ2) is 7.68. The van der Waals surface area contributed by atoms with E-state index < -0.39 is 11.8 Å². The zero-order valence-electron chi connectivity index (χ0n) is 10.7. The van der Waals surface area contributed by atoms with Crippen LogP contribution in [0.15, 0.2) is 22.5 Å². The van der Waals surface area contributed by atoms with Gasteiger partial charge in [-0.05, 0) is 30.4 Å². The molecule has 0 saturated heterocycles. The number of nitrogens with zero attached hydrogens (tertiary/aromatic N) is 2. The molecule has 6 nitrogen and oxygen atoms in total. The topological polar surface area (TPSA) is 87.1 Å². The third kappa shape index (κ3) is 5.05. The molecule has 3 N–H and O–H groups in total. The van der Waals surface area contributed by atoms with Crippen molar-refractivity contribution in [2.45, 2.75) is 4.34 Å². The Morgan fingerprint density at radius 3 is 2.91 bits per heavy atom. The molecular weight excluding hydrogens is 371 g/mol. The monoisotopic (exact) mass is 378 g/mol. The second-order valence-corrected chi connectivity index (χ2v) is 6.78. The van der Waals surface area contributed by atoms with Gasteiger partial charge in [-0.3, -0.25) is 4.79 Å². The van der Waals surface area contributed by atoms with Crippen molar-refractivity contribution in [3.63, 3.8) is 0 Å². The van der Waals surface area contributed by atoms with Crippen molar-refractivity contribution in [1.29, 1.82) is 0 Å². The van der Waals surface area contributed by atoms with Gasteiger partial charge >= 0.3 is 5.97 Å². The molecule has 1 heterocycles. The number of rotatable bonds is 5. The number of carboxylic acid groups (broad SMARTS) is 1. The number of hydrogen-bond acceptors (Lipinski definition) is 6. The summed E-state index contributed by atoms with van der Waals surface area (Å²) in [7, 11) is 0. The molecule has 0 fully saturated rings. The summed E-state index contributed by atoms with van der Waals surface area (Å²) in [4.78, 5) is 10.5. The number of hydrogen-bond donors (Lipinski definition) is 3. The fraction of sp³-hybridized carbons (Fsp3) is 0.0909. The minimum absolute atomic E-state index is 0.0175. The standard InChI is InChI=1S/C11H8ClFN4O2S3/c12-6-3-5(1-2-7(6)13)14-9(20)15-10-16-17-11(22-10)21-4-8(18)19/h1-3H,4H2,(H,18,19)(H2,14,15,16,20). The van der Waals surface area contributed by atoms with Crippen LogP contribution in [0.2, 0.25) is 5.02 Å². The molecule has 1 aromatic heterocycles. The lowest BCUT2D eigenvalue weighted by Gasteiger charge is -2.08. The number of halogens is 2. The molecule has 0 amide bonds. The predicted molar refractivity (Wildman–Crippen MR) is 89.5 cm³/mol. The predicted octanol–water partition coefficient (Wildman–Crippen LogP) is 3.32. The number of benzene rings is 1. The molecule has 2 rings (SSSR count). The van der Waals surface area contributed by atoms with E-state index in [1.165, 1.54) is 29.5 Å². The van der Waals surface area contributed by atoms with Crippen LogP contribution in [0.3, 0.4) is 0 Å². The van der Waals surface area contributed by atoms with Gasteiger partial charge in [0, 0.05) is 5.69 Å². The third-order valence-corrected chi connectivity index (χ3v) is 4.57. The van der Waals surface area contributed by atoms with Crippen molar-refractivity contribution in [2.75, 3.05) is 16.4 Å². The highest BCUT2D eigenvalue weighted by Crippen LogP contribution is 2.25. The number of anilines is 2. The average Bonchev–Trinajstić information content (AvgIpc) is 2.88. The summed E-state index contributed by atoms with van der Waals surface area (Å²) in [6.07, 6.45) is 0. The van der Waals surface area contributed by atoms with E-state index >= 15 is 0 Å². The Bertz CT molecular complexity index is 712. The first-order chi connectivity index (χ1) is 10.4. The van der Waals surface area contributed by atoms with Gasteiger partial charge in [0.1, 0.15) is 5.82 Å². The summed E-state index contributed by atoms with van der Waals surface area (Å²) in [5, 5.41) is 22.5. The maximum Gasteiger partial charge on any atom is 0.313 e. The summed E-state index contributed by atoms with van der Waals surface area (Å²) in [5.74, 6) is -1.54. The molecular formula is C11H8ClFN4O2S3. The first-order valence-electron chi connectivity index (χ1n) is 5.65. The van der Waals surface area contributed by atoms with Gasteiger partial charge in [-0.15, -0.1) is 10.2 Å². The third-order valence-electron chi connectivity index (χ3n) is 2.12. The van der Waals surface area contributed by atoms with Crippen LogP contribution in [0.25, 0.3) is 0 Å². The van der Waals surface area contributed by atoms with Crippen molar-refractivity contribution >= 4 is 68.8 Å². The summed E-state index contributed by atoms with van der Waals surface area (Å²) >= 11 is 13.0. The van der Waals surface area contributed by atoms with Gasteiger partial charge in [0.25, 0.3) is 0 Å². The fourth-order valence-electron chi connectivity index (χ4n) is 1.28. The zero-order chi connectivity index (χ0) is 16.1. The SMILES string of the molecule is O=C(O)CSc1nnc(NC(=S)Nc2ccc(F)c(Cl)c2)s1. The number of aliphatic carboxylic acids is 1. The molecule has 11 heteroatoms. The Balaban J connectivity index is 1.91. The van der Waals surface area contributed by atoms with Gasteiger partial charge < -0.3 is 15.7 Å². The highest BCUT2D eigenvalue weighted by atomic mass is 35.5. The van der Waals surface area contributed by atoms with E-state index in [-0.39, 0.29) is 15.9 Å². The zero-order valence-corrected chi connectivity index (χ0v) is 13.9. The van der Waals surface area contributed by atoms with Crippen molar-refractivity contribution < 1.29 is 14.3 Å². The van der Waals surface area contributed by atoms with Crippen LogP contribution in [0.1, 0.15) is 0 Å². The van der Waals surface area contributed by atoms with Gasteiger partial charge in [0.2, 0.25) is 5.13 Å². The number of carboxylic acids is 1. The highest BCUT2D eigenvalue weighted by Gasteiger charge is 2.09. The summed E-state index contributed by atoms with van der Waals surface area (Å²) in [6.45, 7) is 0. The molecule has 0 bridgehead atoms. The van der Waals surface area contributed by atoms with Gasteiger partial charge in [-0.2, -0.15) is 0 Å². The number of nitrogens with one attached hydrogen (secondary N) is 2. The van der Waals surface area contributed by atoms with Gasteiger partial charge in [-0.25, -0.2) is 4.39 Å². The molecule has 0 aliphatic heterocycles. The quantitative estimate of drug-likeness (QED) is 0.539. The molecule has 0 atom stereocenters. The van der Waals surface area contributed by atoms with Crippen LogP contribution in [-0.4, -0.2) is 32.1 Å². The largest absolute Gasteiger partial charge is 0.481 e. The fourth-order valence-corrected chi connectivity index (χ4v) is 3.21. The Hall–Kier alpha value is -1.49. The Morgan fingerprint density at radius 2 is 2.23 bits per heavy atom. The molecule has 2 aromatic rings. The number of carbonyl (C=O) groups is 1. The molecule has 0 aliphatic carbocycles. The molecule has 116 valence electrons. The summed E-state index contributed by atoms with van der Waals surface area (Å²) in [5.41, 5.74) is 0.522. The molecule has 22 heavy (non-hydrogen) atoms. The van der Waals surface area contributed by atoms with Gasteiger partial charge in [-0.1, -0.05) is 34.7 Å². The van der Waals surface area contributed by atoms with Gasteiger partial charge in [0.05, 0.1) is 10.8 Å². The lowest BCUT2D eigenvalue weighted by molar-refractivity contribution is -0.133. The van der Waals surface area contributed by atoms with E-state index in [2.05, 4.69) is 20.8 Å². The molecule has 0 unspecified atom stereocenters. The van der Waals surface area contributed by atoms with E-state index in [1.807, 2.05) is 0 Å². The van der Waals surface area contributed by atoms with Crippen molar-refractivity contribution in [3.05, 3.63) is 29.0 Å². The maximum absolute atomic E-state index is 13.0. The molecule has 0 aliphatic rings. The smallest absolute Gasteiger partial charge is 0.313 e. The normalized spacial score (nSPS) is 10.3. The van der Waals surface area contributed by atoms with Crippen LogP contribution in [0.5, 0.6) is 0 Å². The number of aromatic nitrogens is 2. The lowest BCUT2D eigenvalue weighted by Crippen LogP contribution is -2.18. The van der Waals surface area contributed by atoms with E-state index in [1.54, 1.807) is 0 Å². The van der Waals surface area contributed by atoms with Gasteiger partial charge in [0.15, 0.2) is 9.45 Å². The van der Waals surface area contributed by atoms with Crippen molar-refractivity contribution in [1.82, 2.24) is 10.2 Å². The van der Waals surface area contributed by atoms with Crippen LogP contribution in [-0.2, 0) is 4.79 Å². The number of thioether (sulfide) groups is 1. The van der Waals surface area contributed by atoms with E-state index in [9.17, 15) is 9.18 Å². The van der Waals surface area contributed by atoms with Crippen molar-refractivity contribution in [2.24, 2.45) is 0 Å². The Kier molecular flexibility index (Phi) is 5.89. The van der Waals surface area contributed by atoms with Crippen LogP contribution >= 0.6 is 46.9 Å². The first-order valence-corrected chi connectivity index (χ1v) is 8.24. The number of thiocarbonyl (C=S) groups is 1. The summed E-state index contributed by atoms with van der Waals surface area (Å²) in [6, 6.07) is 4.11. The van der Waals surface area contributed by atoms with Crippen LogP contribution in [0, 0.1) is 5.82 Å². The molecule has 0 saturated carbocycles. The lowest BCUT2D eigenvalue weighted by atomic mass is 10.3. The molecule has 1 aromatic carbocycles. The van der Waals surface area contributed by atoms with E-state index in [0.29, 0.717) is 15.2 Å². The van der Waals surface area contributed by atoms with E-state index in [0.717, 1.165) is 11.8 Å². The second-order valence-electron chi connectivity index (χ2n) is 3.76. The Morgan fingerprint density at radius 1 is 1.45 bits per heavy atom. The minimum atomic E-state index is -0.930. The Labute approximate surface area is 143 Å². The maximum atomic E-state index is 13.0. The summed E-state index contributed by atoms with van der Waals surface area (Å²) < 4.78 is 13.6. The van der Waals surface area contributed by atoms with Crippen LogP contribution < -0.4 is 10.6 Å². The highest BCUT2D eigenvalue weighted by molar-refractivity contribution is 8.01. The van der Waals surface area contributed by atoms with Crippen LogP contribution in [0.4, 0.5) is 15.2 Å². The average molecular weight is 379 g/mol. The molecule has 0 radical (unpaired) electrons. The minimum Gasteiger partial charge on any atom is -0.481 e. The van der Waals surface area contributed by atoms with Crippen molar-refractivity contribution in [3.8, 4) is 0 Å². The molecule has 0 spiro atoms. The first kappa shape index (κ1) is 16.9. The van der Waals surface area contributed by atoms with E-state index in [4.69, 9.17) is 28.9 Å².